The molecule has 2 rings (SSSR count). The molecular weight excluding hydrogens is 252 g/mol. The van der Waals surface area contributed by atoms with Crippen LogP contribution in [-0.2, 0) is 17.7 Å². The Morgan fingerprint density at radius 3 is 3.00 bits per heavy atom. The average Bonchev–Trinajstić information content (AvgIpc) is 2.79. The molecule has 20 heavy (non-hydrogen) atoms. The van der Waals surface area contributed by atoms with Crippen LogP contribution < -0.4 is 5.73 Å². The second kappa shape index (κ2) is 7.20. The van der Waals surface area contributed by atoms with E-state index in [0.29, 0.717) is 0 Å². The molecule has 1 aliphatic rings. The van der Waals surface area contributed by atoms with Crippen molar-refractivity contribution < 1.29 is 4.74 Å². The van der Waals surface area contributed by atoms with Crippen molar-refractivity contribution in [3.05, 3.63) is 17.5 Å². The highest BCUT2D eigenvalue weighted by Gasteiger charge is 2.26. The van der Waals surface area contributed by atoms with Gasteiger partial charge in [0.05, 0.1) is 18.4 Å². The van der Waals surface area contributed by atoms with Crippen LogP contribution in [0.3, 0.4) is 0 Å². The van der Waals surface area contributed by atoms with Crippen molar-refractivity contribution in [2.75, 3.05) is 26.2 Å². The van der Waals surface area contributed by atoms with Crippen LogP contribution in [0.25, 0.3) is 0 Å². The highest BCUT2D eigenvalue weighted by atomic mass is 16.5. The molecule has 0 aliphatic carbocycles. The average molecular weight is 280 g/mol. The standard InChI is InChI=1S/C15H28N4O/c1-4-6-18-7-8-20-15(11-18)14(16)10-13-9-12(3)17-19(13)5-2/h9,14-15H,4-8,10-11,16H2,1-3H3. The first kappa shape index (κ1) is 15.5. The number of hydrogen-bond donors (Lipinski definition) is 1. The number of aryl methyl sites for hydroxylation is 2. The minimum atomic E-state index is 0.0380. The Morgan fingerprint density at radius 1 is 1.50 bits per heavy atom. The molecule has 114 valence electrons. The Kier molecular flexibility index (Phi) is 5.57. The van der Waals surface area contributed by atoms with E-state index in [1.54, 1.807) is 0 Å². The van der Waals surface area contributed by atoms with Gasteiger partial charge in [-0.05, 0) is 32.9 Å². The molecule has 0 spiro atoms. The Balaban J connectivity index is 1.95. The number of hydrogen-bond acceptors (Lipinski definition) is 4. The van der Waals surface area contributed by atoms with Crippen molar-refractivity contribution in [3.63, 3.8) is 0 Å². The van der Waals surface area contributed by atoms with Crippen molar-refractivity contribution in [1.82, 2.24) is 14.7 Å². The predicted molar refractivity (Wildman–Crippen MR) is 80.8 cm³/mol. The molecule has 2 N–H and O–H groups in total. The minimum absolute atomic E-state index is 0.0380. The lowest BCUT2D eigenvalue weighted by Crippen LogP contribution is -2.51. The summed E-state index contributed by atoms with van der Waals surface area (Å²) in [4.78, 5) is 2.45. The first-order valence-electron chi connectivity index (χ1n) is 7.76. The summed E-state index contributed by atoms with van der Waals surface area (Å²) in [6.07, 6.45) is 2.15. The summed E-state index contributed by atoms with van der Waals surface area (Å²) in [5.74, 6) is 0. The van der Waals surface area contributed by atoms with Gasteiger partial charge in [-0.2, -0.15) is 5.10 Å². The van der Waals surface area contributed by atoms with Gasteiger partial charge in [-0.15, -0.1) is 0 Å². The van der Waals surface area contributed by atoms with Gasteiger partial charge in [-0.3, -0.25) is 9.58 Å². The Labute approximate surface area is 122 Å². The van der Waals surface area contributed by atoms with Crippen molar-refractivity contribution in [2.45, 2.75) is 52.3 Å². The lowest BCUT2D eigenvalue weighted by atomic mass is 10.0. The molecule has 1 saturated heterocycles. The molecule has 1 aromatic heterocycles. The number of ether oxygens (including phenoxy) is 1. The van der Waals surface area contributed by atoms with Gasteiger partial charge in [0.15, 0.2) is 0 Å². The SMILES string of the molecule is CCCN1CCOC(C(N)Cc2cc(C)nn2CC)C1. The second-order valence-corrected chi connectivity index (χ2v) is 5.67. The van der Waals surface area contributed by atoms with Gasteiger partial charge in [-0.25, -0.2) is 0 Å². The van der Waals surface area contributed by atoms with Gasteiger partial charge < -0.3 is 10.5 Å². The molecule has 1 fully saturated rings. The molecule has 2 heterocycles. The minimum Gasteiger partial charge on any atom is -0.374 e. The van der Waals surface area contributed by atoms with Crippen LogP contribution in [0.5, 0.6) is 0 Å². The summed E-state index contributed by atoms with van der Waals surface area (Å²) in [7, 11) is 0. The van der Waals surface area contributed by atoms with Crippen molar-refractivity contribution in [3.8, 4) is 0 Å². The third kappa shape index (κ3) is 3.81. The molecule has 0 radical (unpaired) electrons. The maximum Gasteiger partial charge on any atom is 0.0856 e. The van der Waals surface area contributed by atoms with Gasteiger partial charge in [0.25, 0.3) is 0 Å². The fourth-order valence-corrected chi connectivity index (χ4v) is 2.92. The molecular formula is C15H28N4O. The van der Waals surface area contributed by atoms with Crippen molar-refractivity contribution in [1.29, 1.82) is 0 Å². The molecule has 0 aromatic carbocycles. The van der Waals surface area contributed by atoms with Crippen LogP contribution in [-0.4, -0.2) is 53.1 Å². The number of nitrogens with two attached hydrogens (primary N) is 1. The maximum atomic E-state index is 6.38. The fourth-order valence-electron chi connectivity index (χ4n) is 2.92. The van der Waals surface area contributed by atoms with Crippen LogP contribution in [0.15, 0.2) is 6.07 Å². The number of rotatable bonds is 6. The maximum absolute atomic E-state index is 6.38. The topological polar surface area (TPSA) is 56.3 Å². The first-order chi connectivity index (χ1) is 9.63. The predicted octanol–water partition coefficient (Wildman–Crippen LogP) is 1.19. The molecule has 1 aliphatic heterocycles. The normalized spacial score (nSPS) is 22.1. The van der Waals surface area contributed by atoms with Crippen molar-refractivity contribution in [2.24, 2.45) is 5.73 Å². The summed E-state index contributed by atoms with van der Waals surface area (Å²) in [6.45, 7) is 11.2. The molecule has 0 saturated carbocycles. The van der Waals surface area contributed by atoms with E-state index < -0.39 is 0 Å². The lowest BCUT2D eigenvalue weighted by Gasteiger charge is -2.35. The van der Waals surface area contributed by atoms with Crippen LogP contribution in [0.2, 0.25) is 0 Å². The van der Waals surface area contributed by atoms with Crippen LogP contribution in [0, 0.1) is 6.92 Å². The van der Waals surface area contributed by atoms with Gasteiger partial charge in [0.1, 0.15) is 0 Å². The molecule has 0 bridgehead atoms. The molecule has 2 atom stereocenters. The summed E-state index contributed by atoms with van der Waals surface area (Å²) in [5.41, 5.74) is 8.66. The van der Waals surface area contributed by atoms with Crippen LogP contribution in [0.1, 0.15) is 31.7 Å². The quantitative estimate of drug-likeness (QED) is 0.850. The lowest BCUT2D eigenvalue weighted by molar-refractivity contribution is -0.0403. The third-order valence-corrected chi connectivity index (χ3v) is 3.92. The van der Waals surface area contributed by atoms with E-state index in [4.69, 9.17) is 10.5 Å². The molecule has 5 nitrogen and oxygen atoms in total. The zero-order valence-electron chi connectivity index (χ0n) is 13.0. The molecule has 0 amide bonds. The van der Waals surface area contributed by atoms with E-state index in [1.807, 2.05) is 11.6 Å². The summed E-state index contributed by atoms with van der Waals surface area (Å²) in [5, 5.41) is 4.48. The van der Waals surface area contributed by atoms with Gasteiger partial charge >= 0.3 is 0 Å². The van der Waals surface area contributed by atoms with E-state index in [-0.39, 0.29) is 12.1 Å². The molecule has 1 aromatic rings. The van der Waals surface area contributed by atoms with Gasteiger partial charge in [0.2, 0.25) is 0 Å². The van der Waals surface area contributed by atoms with Gasteiger partial charge in [0, 0.05) is 37.8 Å². The summed E-state index contributed by atoms with van der Waals surface area (Å²) >= 11 is 0. The van der Waals surface area contributed by atoms with Crippen molar-refractivity contribution >= 4 is 0 Å². The van der Waals surface area contributed by atoms with E-state index in [0.717, 1.165) is 44.9 Å². The third-order valence-electron chi connectivity index (χ3n) is 3.92. The van der Waals surface area contributed by atoms with E-state index in [2.05, 4.69) is 29.9 Å². The van der Waals surface area contributed by atoms with E-state index >= 15 is 0 Å². The summed E-state index contributed by atoms with van der Waals surface area (Å²) in [6, 6.07) is 2.17. The zero-order chi connectivity index (χ0) is 14.5. The van der Waals surface area contributed by atoms with E-state index in [1.165, 1.54) is 12.1 Å². The Bertz CT molecular complexity index is 416. The number of nitrogens with zero attached hydrogens (tertiary/aromatic N) is 3. The molecule has 2 unspecified atom stereocenters. The fraction of sp³-hybridized carbons (Fsp3) is 0.800. The Morgan fingerprint density at radius 2 is 2.30 bits per heavy atom. The van der Waals surface area contributed by atoms with Crippen LogP contribution >= 0.6 is 0 Å². The highest BCUT2D eigenvalue weighted by molar-refractivity contribution is 5.11. The zero-order valence-corrected chi connectivity index (χ0v) is 13.0. The molecule has 5 heteroatoms. The summed E-state index contributed by atoms with van der Waals surface area (Å²) < 4.78 is 7.92. The Hall–Kier alpha value is -0.910. The van der Waals surface area contributed by atoms with Gasteiger partial charge in [-0.1, -0.05) is 6.92 Å². The first-order valence-corrected chi connectivity index (χ1v) is 7.76. The van der Waals surface area contributed by atoms with Crippen LogP contribution in [0.4, 0.5) is 0 Å². The van der Waals surface area contributed by atoms with E-state index in [9.17, 15) is 0 Å². The smallest absolute Gasteiger partial charge is 0.0856 e. The highest BCUT2D eigenvalue weighted by Crippen LogP contribution is 2.13. The monoisotopic (exact) mass is 280 g/mol. The second-order valence-electron chi connectivity index (χ2n) is 5.67. The number of morpholine rings is 1. The largest absolute Gasteiger partial charge is 0.374 e. The number of aromatic nitrogens is 2.